The Bertz CT molecular complexity index is 1030. The number of fused-ring (bicyclic) bond motifs is 1. The lowest BCUT2D eigenvalue weighted by Crippen LogP contribution is -2.30. The Kier molecular flexibility index (Phi) is 5.14. The van der Waals surface area contributed by atoms with Crippen molar-refractivity contribution in [2.75, 3.05) is 26.7 Å². The third-order valence-corrected chi connectivity index (χ3v) is 5.94. The molecule has 28 heavy (non-hydrogen) atoms. The van der Waals surface area contributed by atoms with Gasteiger partial charge in [-0.25, -0.2) is 0 Å². The molecule has 2 aromatic carbocycles. The number of likely N-dealkylation sites (tertiary alicyclic amines) is 1. The third kappa shape index (κ3) is 3.52. The van der Waals surface area contributed by atoms with Crippen LogP contribution >= 0.6 is 0 Å². The number of benzene rings is 2. The SMILES string of the molecule is Cc1cccc(-c2ncc(C(=O)NCC3CCN(C)C3)c3ccccc23)c1C. The molecular weight excluding hydrogens is 346 g/mol. The van der Waals surface area contributed by atoms with E-state index in [-0.39, 0.29) is 5.91 Å². The van der Waals surface area contributed by atoms with Crippen LogP contribution in [0.1, 0.15) is 27.9 Å². The molecule has 4 nitrogen and oxygen atoms in total. The number of hydrogen-bond donors (Lipinski definition) is 1. The van der Waals surface area contributed by atoms with Crippen LogP contribution < -0.4 is 5.32 Å². The molecule has 2 heterocycles. The molecule has 1 aliphatic rings. The molecule has 0 radical (unpaired) electrons. The number of rotatable bonds is 4. The summed E-state index contributed by atoms with van der Waals surface area (Å²) in [6, 6.07) is 14.3. The molecule has 1 saturated heterocycles. The van der Waals surface area contributed by atoms with Crippen molar-refractivity contribution in [3.63, 3.8) is 0 Å². The first-order valence-corrected chi connectivity index (χ1v) is 9.95. The lowest BCUT2D eigenvalue weighted by Gasteiger charge is -2.15. The van der Waals surface area contributed by atoms with E-state index >= 15 is 0 Å². The molecule has 0 aliphatic carbocycles. The van der Waals surface area contributed by atoms with E-state index in [0.717, 1.165) is 48.1 Å². The summed E-state index contributed by atoms with van der Waals surface area (Å²) in [6.45, 7) is 7.11. The van der Waals surface area contributed by atoms with Crippen molar-refractivity contribution in [2.24, 2.45) is 5.92 Å². The zero-order chi connectivity index (χ0) is 19.7. The minimum Gasteiger partial charge on any atom is -0.352 e. The highest BCUT2D eigenvalue weighted by Gasteiger charge is 2.21. The Morgan fingerprint density at radius 3 is 2.68 bits per heavy atom. The second-order valence-corrected chi connectivity index (χ2v) is 7.94. The first-order valence-electron chi connectivity index (χ1n) is 9.95. The molecule has 144 valence electrons. The summed E-state index contributed by atoms with van der Waals surface area (Å²) in [5, 5.41) is 5.10. The Balaban J connectivity index is 1.68. The van der Waals surface area contributed by atoms with Crippen LogP contribution in [0.15, 0.2) is 48.7 Å². The van der Waals surface area contributed by atoms with Crippen LogP contribution in [0.25, 0.3) is 22.0 Å². The highest BCUT2D eigenvalue weighted by Crippen LogP contribution is 2.31. The predicted molar refractivity (Wildman–Crippen MR) is 115 cm³/mol. The number of amides is 1. The van der Waals surface area contributed by atoms with Crippen molar-refractivity contribution < 1.29 is 4.79 Å². The van der Waals surface area contributed by atoms with Gasteiger partial charge in [0.05, 0.1) is 11.3 Å². The Hall–Kier alpha value is -2.72. The fourth-order valence-electron chi connectivity index (χ4n) is 4.12. The number of nitrogens with zero attached hydrogens (tertiary/aromatic N) is 2. The smallest absolute Gasteiger partial charge is 0.253 e. The average molecular weight is 374 g/mol. The van der Waals surface area contributed by atoms with E-state index in [9.17, 15) is 4.79 Å². The van der Waals surface area contributed by atoms with Gasteiger partial charge < -0.3 is 10.2 Å². The number of carbonyl (C=O) groups excluding carboxylic acids is 1. The molecule has 1 N–H and O–H groups in total. The van der Waals surface area contributed by atoms with E-state index < -0.39 is 0 Å². The van der Waals surface area contributed by atoms with Crippen LogP contribution in [0.5, 0.6) is 0 Å². The molecule has 3 aromatic rings. The summed E-state index contributed by atoms with van der Waals surface area (Å²) in [4.78, 5) is 19.9. The first kappa shape index (κ1) is 18.6. The van der Waals surface area contributed by atoms with Crippen LogP contribution in [-0.4, -0.2) is 42.5 Å². The number of nitrogens with one attached hydrogen (secondary N) is 1. The van der Waals surface area contributed by atoms with E-state index in [1.54, 1.807) is 6.20 Å². The van der Waals surface area contributed by atoms with E-state index in [0.29, 0.717) is 11.5 Å². The van der Waals surface area contributed by atoms with E-state index in [4.69, 9.17) is 4.98 Å². The summed E-state index contributed by atoms with van der Waals surface area (Å²) < 4.78 is 0. The Morgan fingerprint density at radius 1 is 1.14 bits per heavy atom. The zero-order valence-electron chi connectivity index (χ0n) is 16.8. The van der Waals surface area contributed by atoms with E-state index in [1.165, 1.54) is 11.1 Å². The van der Waals surface area contributed by atoms with Gasteiger partial charge in [-0.2, -0.15) is 0 Å². The van der Waals surface area contributed by atoms with Crippen molar-refractivity contribution in [2.45, 2.75) is 20.3 Å². The normalized spacial score (nSPS) is 17.2. The quantitative estimate of drug-likeness (QED) is 0.745. The average Bonchev–Trinajstić information content (AvgIpc) is 3.13. The number of carbonyl (C=O) groups is 1. The second kappa shape index (κ2) is 7.72. The van der Waals surface area contributed by atoms with Crippen LogP contribution in [0, 0.1) is 19.8 Å². The van der Waals surface area contributed by atoms with Crippen LogP contribution in [0.2, 0.25) is 0 Å². The second-order valence-electron chi connectivity index (χ2n) is 7.94. The molecule has 4 heteroatoms. The first-order chi connectivity index (χ1) is 13.5. The highest BCUT2D eigenvalue weighted by atomic mass is 16.1. The van der Waals surface area contributed by atoms with Gasteiger partial charge in [0.1, 0.15) is 0 Å². The molecule has 4 rings (SSSR count). The van der Waals surface area contributed by atoms with Crippen molar-refractivity contribution in [1.29, 1.82) is 0 Å². The van der Waals surface area contributed by atoms with Crippen molar-refractivity contribution >= 4 is 16.7 Å². The molecule has 1 unspecified atom stereocenters. The maximum absolute atomic E-state index is 12.9. The summed E-state index contributed by atoms with van der Waals surface area (Å²) in [5.74, 6) is 0.494. The summed E-state index contributed by atoms with van der Waals surface area (Å²) in [6.07, 6.45) is 2.87. The van der Waals surface area contributed by atoms with Gasteiger partial charge in [-0.1, -0.05) is 42.5 Å². The predicted octanol–water partition coefficient (Wildman–Crippen LogP) is 4.20. The molecule has 1 atom stereocenters. The fraction of sp³-hybridized carbons (Fsp3) is 0.333. The number of pyridine rings is 1. The molecule has 1 aliphatic heterocycles. The van der Waals surface area contributed by atoms with Crippen molar-refractivity contribution in [3.8, 4) is 11.3 Å². The van der Waals surface area contributed by atoms with Crippen molar-refractivity contribution in [3.05, 3.63) is 65.4 Å². The third-order valence-electron chi connectivity index (χ3n) is 5.94. The van der Waals surface area contributed by atoms with Gasteiger partial charge in [-0.05, 0) is 56.3 Å². The molecule has 0 bridgehead atoms. The summed E-state index contributed by atoms with van der Waals surface area (Å²) in [7, 11) is 2.13. The Morgan fingerprint density at radius 2 is 1.93 bits per heavy atom. The fourth-order valence-corrected chi connectivity index (χ4v) is 4.12. The van der Waals surface area contributed by atoms with E-state index in [1.807, 2.05) is 18.2 Å². The van der Waals surface area contributed by atoms with Gasteiger partial charge in [0, 0.05) is 30.2 Å². The van der Waals surface area contributed by atoms with Gasteiger partial charge in [0.25, 0.3) is 5.91 Å². The summed E-state index contributed by atoms with van der Waals surface area (Å²) >= 11 is 0. The maximum Gasteiger partial charge on any atom is 0.253 e. The van der Waals surface area contributed by atoms with E-state index in [2.05, 4.69) is 55.4 Å². The molecule has 1 aromatic heterocycles. The zero-order valence-corrected chi connectivity index (χ0v) is 16.8. The molecule has 0 saturated carbocycles. The van der Waals surface area contributed by atoms with Gasteiger partial charge in [-0.3, -0.25) is 9.78 Å². The Labute approximate surface area is 166 Å². The van der Waals surface area contributed by atoms with Crippen LogP contribution in [-0.2, 0) is 0 Å². The number of hydrogen-bond acceptors (Lipinski definition) is 3. The molecule has 1 amide bonds. The highest BCUT2D eigenvalue weighted by molar-refractivity contribution is 6.09. The number of aromatic nitrogens is 1. The lowest BCUT2D eigenvalue weighted by molar-refractivity contribution is 0.0949. The minimum atomic E-state index is -0.0363. The standard InChI is InChI=1S/C24H27N3O/c1-16-7-6-10-19(17(16)2)23-21-9-5-4-8-20(21)22(14-25-23)24(28)26-13-18-11-12-27(3)15-18/h4-10,14,18H,11-13,15H2,1-3H3,(H,26,28). The maximum atomic E-state index is 12.9. The summed E-state index contributed by atoms with van der Waals surface area (Å²) in [5.41, 5.74) is 5.17. The van der Waals surface area contributed by atoms with Crippen LogP contribution in [0.3, 0.4) is 0 Å². The largest absolute Gasteiger partial charge is 0.352 e. The van der Waals surface area contributed by atoms with Crippen molar-refractivity contribution in [1.82, 2.24) is 15.2 Å². The van der Waals surface area contributed by atoms with Gasteiger partial charge >= 0.3 is 0 Å². The molecule has 1 fully saturated rings. The minimum absolute atomic E-state index is 0.0363. The molecular formula is C24H27N3O. The topological polar surface area (TPSA) is 45.2 Å². The van der Waals surface area contributed by atoms with Gasteiger partial charge in [0.2, 0.25) is 0 Å². The van der Waals surface area contributed by atoms with Gasteiger partial charge in [-0.15, -0.1) is 0 Å². The van der Waals surface area contributed by atoms with Gasteiger partial charge in [0.15, 0.2) is 0 Å². The lowest BCUT2D eigenvalue weighted by atomic mass is 9.95. The van der Waals surface area contributed by atoms with Crippen LogP contribution in [0.4, 0.5) is 0 Å². The molecule has 0 spiro atoms. The number of aryl methyl sites for hydroxylation is 1. The monoisotopic (exact) mass is 373 g/mol.